The molecular formula is C12H16F3NO. The Balaban J connectivity index is 2.73. The Labute approximate surface area is 98.8 Å². The Hall–Kier alpha value is -1.23. The number of methoxy groups -OCH3 is 1. The van der Waals surface area contributed by atoms with E-state index in [4.69, 9.17) is 4.74 Å². The molecule has 0 bridgehead atoms. The van der Waals surface area contributed by atoms with Crippen LogP contribution in [0.15, 0.2) is 12.1 Å². The van der Waals surface area contributed by atoms with Gasteiger partial charge in [0.15, 0.2) is 0 Å². The molecule has 0 aliphatic heterocycles. The molecule has 1 N–H and O–H groups in total. The van der Waals surface area contributed by atoms with Crippen LogP contribution in [0, 0.1) is 13.8 Å². The standard InChI is InChI=1S/C12H16F3NO/c1-8-4-10(6-16-7-12(13,14)15)11(17-3)5-9(8)2/h4-5,16H,6-7H2,1-3H3. The van der Waals surface area contributed by atoms with E-state index in [9.17, 15) is 13.2 Å². The maximum Gasteiger partial charge on any atom is 0.401 e. The molecule has 0 spiro atoms. The van der Waals surface area contributed by atoms with Gasteiger partial charge in [0, 0.05) is 12.1 Å². The van der Waals surface area contributed by atoms with Gasteiger partial charge >= 0.3 is 6.18 Å². The molecule has 0 saturated carbocycles. The van der Waals surface area contributed by atoms with Crippen LogP contribution >= 0.6 is 0 Å². The summed E-state index contributed by atoms with van der Waals surface area (Å²) in [5.74, 6) is 0.614. The van der Waals surface area contributed by atoms with Gasteiger partial charge in [-0.3, -0.25) is 0 Å². The Morgan fingerprint density at radius 3 is 2.29 bits per heavy atom. The van der Waals surface area contributed by atoms with Crippen molar-refractivity contribution < 1.29 is 17.9 Å². The zero-order chi connectivity index (χ0) is 13.1. The van der Waals surface area contributed by atoms with Crippen molar-refractivity contribution in [3.8, 4) is 5.75 Å². The lowest BCUT2D eigenvalue weighted by Gasteiger charge is -2.13. The van der Waals surface area contributed by atoms with Gasteiger partial charge in [0.25, 0.3) is 0 Å². The summed E-state index contributed by atoms with van der Waals surface area (Å²) < 4.78 is 41.1. The molecule has 0 atom stereocenters. The van der Waals surface area contributed by atoms with Crippen molar-refractivity contribution in [2.24, 2.45) is 0 Å². The molecule has 96 valence electrons. The van der Waals surface area contributed by atoms with Crippen LogP contribution < -0.4 is 10.1 Å². The van der Waals surface area contributed by atoms with Crippen molar-refractivity contribution in [3.05, 3.63) is 28.8 Å². The second-order valence-corrected chi connectivity index (χ2v) is 3.97. The van der Waals surface area contributed by atoms with E-state index in [1.165, 1.54) is 7.11 Å². The lowest BCUT2D eigenvalue weighted by molar-refractivity contribution is -0.125. The molecule has 2 nitrogen and oxygen atoms in total. The highest BCUT2D eigenvalue weighted by atomic mass is 19.4. The van der Waals surface area contributed by atoms with Gasteiger partial charge in [0.2, 0.25) is 0 Å². The van der Waals surface area contributed by atoms with Gasteiger partial charge in [-0.2, -0.15) is 13.2 Å². The van der Waals surface area contributed by atoms with Gasteiger partial charge in [-0.1, -0.05) is 6.07 Å². The zero-order valence-corrected chi connectivity index (χ0v) is 10.1. The lowest BCUT2D eigenvalue weighted by Crippen LogP contribution is -2.28. The summed E-state index contributed by atoms with van der Waals surface area (Å²) in [6.07, 6.45) is -4.19. The van der Waals surface area contributed by atoms with Crippen molar-refractivity contribution >= 4 is 0 Å². The Morgan fingerprint density at radius 1 is 1.18 bits per heavy atom. The minimum atomic E-state index is -4.19. The number of rotatable bonds is 4. The van der Waals surface area contributed by atoms with Crippen LogP contribution in [0.1, 0.15) is 16.7 Å². The number of aryl methyl sites for hydroxylation is 2. The van der Waals surface area contributed by atoms with E-state index in [0.29, 0.717) is 5.75 Å². The van der Waals surface area contributed by atoms with Crippen LogP contribution in [0.25, 0.3) is 0 Å². The number of nitrogens with one attached hydrogen (secondary N) is 1. The second-order valence-electron chi connectivity index (χ2n) is 3.97. The monoisotopic (exact) mass is 247 g/mol. The van der Waals surface area contributed by atoms with Crippen molar-refractivity contribution in [1.82, 2.24) is 5.32 Å². The molecule has 1 aromatic rings. The minimum Gasteiger partial charge on any atom is -0.496 e. The Morgan fingerprint density at radius 2 is 1.76 bits per heavy atom. The third-order valence-electron chi connectivity index (χ3n) is 2.54. The van der Waals surface area contributed by atoms with E-state index in [0.717, 1.165) is 16.7 Å². The molecule has 0 amide bonds. The van der Waals surface area contributed by atoms with Crippen LogP contribution in [0.2, 0.25) is 0 Å². The van der Waals surface area contributed by atoms with Crippen molar-refractivity contribution in [2.75, 3.05) is 13.7 Å². The lowest BCUT2D eigenvalue weighted by atomic mass is 10.0. The second kappa shape index (κ2) is 5.40. The van der Waals surface area contributed by atoms with Gasteiger partial charge in [-0.15, -0.1) is 0 Å². The molecule has 1 rings (SSSR count). The average Bonchev–Trinajstić information content (AvgIpc) is 2.21. The van der Waals surface area contributed by atoms with Crippen LogP contribution in [-0.4, -0.2) is 19.8 Å². The molecule has 0 aromatic heterocycles. The van der Waals surface area contributed by atoms with Crippen molar-refractivity contribution in [3.63, 3.8) is 0 Å². The maximum atomic E-state index is 12.0. The molecule has 17 heavy (non-hydrogen) atoms. The first-order chi connectivity index (χ1) is 7.83. The fourth-order valence-electron chi connectivity index (χ4n) is 1.52. The number of ether oxygens (including phenoxy) is 1. The van der Waals surface area contributed by atoms with Crippen LogP contribution in [0.4, 0.5) is 13.2 Å². The van der Waals surface area contributed by atoms with Gasteiger partial charge in [-0.25, -0.2) is 0 Å². The van der Waals surface area contributed by atoms with E-state index >= 15 is 0 Å². The summed E-state index contributed by atoms with van der Waals surface area (Å²) in [7, 11) is 1.51. The van der Waals surface area contributed by atoms with Gasteiger partial charge in [-0.05, 0) is 31.0 Å². The molecule has 0 fully saturated rings. The first kappa shape index (κ1) is 13.8. The smallest absolute Gasteiger partial charge is 0.401 e. The number of hydrogen-bond acceptors (Lipinski definition) is 2. The summed E-state index contributed by atoms with van der Waals surface area (Å²) in [5.41, 5.74) is 2.83. The van der Waals surface area contributed by atoms with Gasteiger partial charge in [0.05, 0.1) is 13.7 Å². The quantitative estimate of drug-likeness (QED) is 0.883. The molecule has 1 aromatic carbocycles. The Bertz CT molecular complexity index is 388. The predicted molar refractivity (Wildman–Crippen MR) is 60.2 cm³/mol. The fourth-order valence-corrected chi connectivity index (χ4v) is 1.52. The molecule has 0 unspecified atom stereocenters. The maximum absolute atomic E-state index is 12.0. The van der Waals surface area contributed by atoms with Gasteiger partial charge in [0.1, 0.15) is 5.75 Å². The highest BCUT2D eigenvalue weighted by Gasteiger charge is 2.26. The molecule has 0 radical (unpaired) electrons. The van der Waals surface area contributed by atoms with Crippen molar-refractivity contribution in [1.29, 1.82) is 0 Å². The van der Waals surface area contributed by atoms with E-state index in [1.54, 1.807) is 0 Å². The number of hydrogen-bond donors (Lipinski definition) is 1. The summed E-state index contributed by atoms with van der Waals surface area (Å²) >= 11 is 0. The molecular weight excluding hydrogens is 231 g/mol. The number of alkyl halides is 3. The van der Waals surface area contributed by atoms with Crippen LogP contribution in [0.5, 0.6) is 5.75 Å². The minimum absolute atomic E-state index is 0.143. The largest absolute Gasteiger partial charge is 0.496 e. The van der Waals surface area contributed by atoms with Gasteiger partial charge < -0.3 is 10.1 Å². The van der Waals surface area contributed by atoms with Crippen molar-refractivity contribution in [2.45, 2.75) is 26.6 Å². The average molecular weight is 247 g/mol. The summed E-state index contributed by atoms with van der Waals surface area (Å²) in [4.78, 5) is 0. The summed E-state index contributed by atoms with van der Waals surface area (Å²) in [6, 6.07) is 3.68. The first-order valence-corrected chi connectivity index (χ1v) is 5.25. The fraction of sp³-hybridized carbons (Fsp3) is 0.500. The third-order valence-corrected chi connectivity index (χ3v) is 2.54. The summed E-state index contributed by atoms with van der Waals surface area (Å²) in [6.45, 7) is 3.00. The molecule has 0 aliphatic rings. The highest BCUT2D eigenvalue weighted by molar-refractivity contribution is 5.41. The van der Waals surface area contributed by atoms with E-state index < -0.39 is 12.7 Å². The third kappa shape index (κ3) is 4.26. The first-order valence-electron chi connectivity index (χ1n) is 5.25. The number of benzene rings is 1. The summed E-state index contributed by atoms with van der Waals surface area (Å²) in [5, 5.41) is 2.36. The molecule has 0 saturated heterocycles. The topological polar surface area (TPSA) is 21.3 Å². The van der Waals surface area contributed by atoms with E-state index in [-0.39, 0.29) is 6.54 Å². The van der Waals surface area contributed by atoms with Crippen LogP contribution in [0.3, 0.4) is 0 Å². The molecule has 0 aliphatic carbocycles. The SMILES string of the molecule is COc1cc(C)c(C)cc1CNCC(F)(F)F. The van der Waals surface area contributed by atoms with E-state index in [2.05, 4.69) is 5.32 Å². The normalized spacial score (nSPS) is 11.6. The predicted octanol–water partition coefficient (Wildman–Crippen LogP) is 2.96. The van der Waals surface area contributed by atoms with E-state index in [1.807, 2.05) is 26.0 Å². The Kier molecular flexibility index (Phi) is 4.40. The van der Waals surface area contributed by atoms with Crippen LogP contribution in [-0.2, 0) is 6.54 Å². The molecule has 5 heteroatoms. The zero-order valence-electron chi connectivity index (χ0n) is 10.1. The number of halogens is 3. The highest BCUT2D eigenvalue weighted by Crippen LogP contribution is 2.23. The molecule has 0 heterocycles.